The standard InChI is InChI=1S/C24H26ClN5O3/c1-29(13-15-10-11-15)23(32)21-18(25)8-5-9-19(21)33-14-17-12-20(31)30-24(26-17)27-22(28-30)16-6-3-2-4-7-16/h3,5-9,15,17H,2,4,10-14H2,1H3,(H,26,27,28). The van der Waals surface area contributed by atoms with Crippen molar-refractivity contribution in [1.82, 2.24) is 19.7 Å². The highest BCUT2D eigenvalue weighted by molar-refractivity contribution is 6.34. The lowest BCUT2D eigenvalue weighted by Crippen LogP contribution is -2.38. The van der Waals surface area contributed by atoms with Gasteiger partial charge in [-0.2, -0.15) is 9.67 Å². The van der Waals surface area contributed by atoms with E-state index in [4.69, 9.17) is 16.3 Å². The molecule has 1 saturated carbocycles. The number of hydrogen-bond acceptors (Lipinski definition) is 6. The van der Waals surface area contributed by atoms with E-state index in [1.807, 2.05) is 6.08 Å². The Labute approximate surface area is 197 Å². The highest BCUT2D eigenvalue weighted by atomic mass is 35.5. The number of fused-ring (bicyclic) bond motifs is 1. The lowest BCUT2D eigenvalue weighted by Gasteiger charge is -2.24. The van der Waals surface area contributed by atoms with Crippen LogP contribution in [0, 0.1) is 5.92 Å². The number of nitrogens with zero attached hydrogens (tertiary/aromatic N) is 4. The van der Waals surface area contributed by atoms with Gasteiger partial charge in [-0.1, -0.05) is 35.9 Å². The van der Waals surface area contributed by atoms with Crippen molar-refractivity contribution < 1.29 is 14.3 Å². The van der Waals surface area contributed by atoms with Gasteiger partial charge in [-0.25, -0.2) is 0 Å². The molecule has 3 aliphatic rings. The summed E-state index contributed by atoms with van der Waals surface area (Å²) in [4.78, 5) is 31.9. The van der Waals surface area contributed by atoms with E-state index in [1.165, 1.54) is 4.68 Å². The van der Waals surface area contributed by atoms with Gasteiger partial charge in [0.2, 0.25) is 5.95 Å². The predicted molar refractivity (Wildman–Crippen MR) is 126 cm³/mol. The fourth-order valence-corrected chi connectivity index (χ4v) is 4.34. The fraction of sp³-hybridized carbons (Fsp3) is 0.417. The minimum absolute atomic E-state index is 0.150. The molecule has 0 saturated heterocycles. The summed E-state index contributed by atoms with van der Waals surface area (Å²) in [6.45, 7) is 0.898. The molecule has 0 bridgehead atoms. The molecule has 1 N–H and O–H groups in total. The first kappa shape index (κ1) is 21.7. The van der Waals surface area contributed by atoms with Gasteiger partial charge in [0, 0.05) is 19.2 Å². The molecule has 1 amide bonds. The molecule has 8 nitrogen and oxygen atoms in total. The molecule has 1 aromatic heterocycles. The Morgan fingerprint density at radius 1 is 1.33 bits per heavy atom. The van der Waals surface area contributed by atoms with Crippen LogP contribution in [-0.2, 0) is 0 Å². The third-order valence-corrected chi connectivity index (χ3v) is 6.37. The van der Waals surface area contributed by atoms with Crippen molar-refractivity contribution in [1.29, 1.82) is 0 Å². The largest absolute Gasteiger partial charge is 0.491 e. The van der Waals surface area contributed by atoms with Gasteiger partial charge in [0.1, 0.15) is 17.9 Å². The number of benzene rings is 1. The maximum atomic E-state index is 13.0. The Morgan fingerprint density at radius 2 is 2.18 bits per heavy atom. The average molecular weight is 468 g/mol. The van der Waals surface area contributed by atoms with E-state index in [2.05, 4.69) is 27.6 Å². The maximum Gasteiger partial charge on any atom is 0.258 e. The predicted octanol–water partition coefficient (Wildman–Crippen LogP) is 4.05. The van der Waals surface area contributed by atoms with Gasteiger partial charge in [0.25, 0.3) is 11.8 Å². The van der Waals surface area contributed by atoms with Crippen LogP contribution >= 0.6 is 11.6 Å². The zero-order chi connectivity index (χ0) is 22.9. The number of halogens is 1. The van der Waals surface area contributed by atoms with Crippen molar-refractivity contribution in [2.24, 2.45) is 5.92 Å². The molecule has 172 valence electrons. The Morgan fingerprint density at radius 3 is 2.94 bits per heavy atom. The van der Waals surface area contributed by atoms with Gasteiger partial charge in [-0.15, -0.1) is 5.10 Å². The number of anilines is 1. The Bertz CT molecular complexity index is 1150. The van der Waals surface area contributed by atoms with E-state index in [1.54, 1.807) is 30.1 Å². The fourth-order valence-electron chi connectivity index (χ4n) is 4.10. The van der Waals surface area contributed by atoms with Gasteiger partial charge >= 0.3 is 0 Å². The van der Waals surface area contributed by atoms with Crippen LogP contribution in [0.4, 0.5) is 5.95 Å². The number of carbonyl (C=O) groups excluding carboxylic acids is 2. The molecular formula is C24H26ClN5O3. The Balaban J connectivity index is 1.29. The summed E-state index contributed by atoms with van der Waals surface area (Å²) >= 11 is 6.38. The molecule has 33 heavy (non-hydrogen) atoms. The topological polar surface area (TPSA) is 89.4 Å². The first-order valence-corrected chi connectivity index (χ1v) is 11.7. The molecule has 1 atom stereocenters. The summed E-state index contributed by atoms with van der Waals surface area (Å²) in [5, 5.41) is 7.96. The molecule has 1 unspecified atom stereocenters. The van der Waals surface area contributed by atoms with Crippen LogP contribution in [0.25, 0.3) is 5.57 Å². The third-order valence-electron chi connectivity index (χ3n) is 6.06. The second-order valence-corrected chi connectivity index (χ2v) is 9.21. The number of aromatic nitrogens is 3. The Kier molecular flexibility index (Phi) is 5.93. The van der Waals surface area contributed by atoms with Crippen molar-refractivity contribution in [2.75, 3.05) is 25.5 Å². The molecule has 5 rings (SSSR count). The lowest BCUT2D eigenvalue weighted by molar-refractivity contribution is 0.0780. The van der Waals surface area contributed by atoms with E-state index < -0.39 is 0 Å². The molecule has 9 heteroatoms. The van der Waals surface area contributed by atoms with Crippen molar-refractivity contribution in [3.05, 3.63) is 52.8 Å². The number of carbonyl (C=O) groups is 2. The molecule has 2 aromatic rings. The van der Waals surface area contributed by atoms with Crippen LogP contribution in [0.5, 0.6) is 5.75 Å². The second-order valence-electron chi connectivity index (χ2n) is 8.80. The van der Waals surface area contributed by atoms with Gasteiger partial charge in [-0.3, -0.25) is 9.59 Å². The number of hydrogen-bond donors (Lipinski definition) is 1. The van der Waals surface area contributed by atoms with Crippen molar-refractivity contribution in [3.8, 4) is 5.75 Å². The van der Waals surface area contributed by atoms with E-state index in [9.17, 15) is 9.59 Å². The summed E-state index contributed by atoms with van der Waals surface area (Å²) in [5.41, 5.74) is 1.27. The summed E-state index contributed by atoms with van der Waals surface area (Å²) in [5.74, 6) is 1.61. The normalized spacial score (nSPS) is 19.5. The third kappa shape index (κ3) is 4.66. The monoisotopic (exact) mass is 467 g/mol. The van der Waals surface area contributed by atoms with Gasteiger partial charge in [0.05, 0.1) is 17.5 Å². The maximum absolute atomic E-state index is 13.0. The van der Waals surface area contributed by atoms with E-state index in [0.29, 0.717) is 40.6 Å². The zero-order valence-corrected chi connectivity index (χ0v) is 19.2. The van der Waals surface area contributed by atoms with Crippen LogP contribution in [0.3, 0.4) is 0 Å². The van der Waals surface area contributed by atoms with Crippen LogP contribution < -0.4 is 10.1 Å². The zero-order valence-electron chi connectivity index (χ0n) is 18.5. The summed E-state index contributed by atoms with van der Waals surface area (Å²) in [6, 6.07) is 4.87. The Hall–Kier alpha value is -3.13. The quantitative estimate of drug-likeness (QED) is 0.660. The van der Waals surface area contributed by atoms with Gasteiger partial charge in [0.15, 0.2) is 5.82 Å². The average Bonchev–Trinajstić information content (AvgIpc) is 3.52. The van der Waals surface area contributed by atoms with E-state index in [-0.39, 0.29) is 30.9 Å². The number of nitrogens with one attached hydrogen (secondary N) is 1. The molecule has 0 spiro atoms. The number of allylic oxidation sites excluding steroid dienone is 4. The first-order chi connectivity index (χ1) is 16.0. The highest BCUT2D eigenvalue weighted by Crippen LogP contribution is 2.32. The van der Waals surface area contributed by atoms with Crippen LogP contribution in [0.1, 0.15) is 53.1 Å². The lowest BCUT2D eigenvalue weighted by atomic mass is 10.1. The van der Waals surface area contributed by atoms with E-state index >= 15 is 0 Å². The second kappa shape index (κ2) is 9.02. The first-order valence-electron chi connectivity index (χ1n) is 11.3. The van der Waals surface area contributed by atoms with Crippen molar-refractivity contribution in [2.45, 2.75) is 38.1 Å². The van der Waals surface area contributed by atoms with Crippen LogP contribution in [0.15, 0.2) is 36.4 Å². The van der Waals surface area contributed by atoms with E-state index in [0.717, 1.165) is 31.3 Å². The molecule has 2 aliphatic carbocycles. The molecular weight excluding hydrogens is 442 g/mol. The van der Waals surface area contributed by atoms with Crippen molar-refractivity contribution in [3.63, 3.8) is 0 Å². The number of rotatable bonds is 7. The molecule has 1 aliphatic heterocycles. The molecule has 1 aromatic carbocycles. The number of ether oxygens (including phenoxy) is 1. The van der Waals surface area contributed by atoms with Crippen molar-refractivity contribution >= 4 is 34.9 Å². The minimum Gasteiger partial charge on any atom is -0.491 e. The van der Waals surface area contributed by atoms with Crippen LogP contribution in [0.2, 0.25) is 5.02 Å². The summed E-state index contributed by atoms with van der Waals surface area (Å²) in [7, 11) is 1.79. The van der Waals surface area contributed by atoms with Gasteiger partial charge in [-0.05, 0) is 43.7 Å². The highest BCUT2D eigenvalue weighted by Gasteiger charge is 2.30. The smallest absolute Gasteiger partial charge is 0.258 e. The SMILES string of the molecule is CN(CC1CC1)C(=O)c1c(Cl)cccc1OCC1CC(=O)n2nc(C3=CCCC=C3)nc2N1. The minimum atomic E-state index is -0.302. The summed E-state index contributed by atoms with van der Waals surface area (Å²) in [6.07, 6.45) is 10.6. The molecule has 0 radical (unpaired) electrons. The molecule has 1 fully saturated rings. The van der Waals surface area contributed by atoms with Gasteiger partial charge < -0.3 is 15.0 Å². The number of amides is 1. The molecule has 2 heterocycles. The summed E-state index contributed by atoms with van der Waals surface area (Å²) < 4.78 is 7.32. The van der Waals surface area contributed by atoms with Crippen LogP contribution in [-0.4, -0.2) is 57.7 Å².